The smallest absolute Gasteiger partial charge is 0.232 e. The van der Waals surface area contributed by atoms with Crippen molar-refractivity contribution in [1.29, 1.82) is 0 Å². The molecule has 2 amide bonds. The molecule has 1 fully saturated rings. The Morgan fingerprint density at radius 2 is 1.58 bits per heavy atom. The number of hydrogen-bond donors (Lipinski definition) is 2. The molecule has 4 aromatic heterocycles. The molecule has 11 nitrogen and oxygen atoms in total. The third kappa shape index (κ3) is 6.02. The minimum Gasteiger partial charge on any atom is -0.354 e. The fourth-order valence-electron chi connectivity index (χ4n) is 3.87. The number of amides is 2. The van der Waals surface area contributed by atoms with Crippen molar-refractivity contribution < 1.29 is 9.59 Å². The van der Waals surface area contributed by atoms with Crippen molar-refractivity contribution in [3.8, 4) is 0 Å². The summed E-state index contributed by atoms with van der Waals surface area (Å²) < 4.78 is 0. The summed E-state index contributed by atoms with van der Waals surface area (Å²) in [5.74, 6) is 0.936. The van der Waals surface area contributed by atoms with Crippen LogP contribution in [0.15, 0.2) is 60.9 Å². The van der Waals surface area contributed by atoms with Gasteiger partial charge in [0.1, 0.15) is 5.01 Å². The molecule has 5 rings (SSSR count). The quantitative estimate of drug-likeness (QED) is 0.373. The minimum atomic E-state index is -0.198. The summed E-state index contributed by atoms with van der Waals surface area (Å²) in [6.07, 6.45) is 4.57. The van der Waals surface area contributed by atoms with Crippen molar-refractivity contribution in [3.05, 3.63) is 77.3 Å². The average molecular weight is 502 g/mol. The standard InChI is InChI=1S/C24H23N9O2S/c34-21(13-17-5-1-3-10-25-17)27-19-7-8-20(30-29-19)33-12-9-16(15-33)23-31-32-24(36-23)28-22(35)14-18-6-2-4-11-26-18/h1-8,10-11,16H,9,12-15H2,(H,27,29,34)(H,28,32,35). The highest BCUT2D eigenvalue weighted by molar-refractivity contribution is 7.15. The molecule has 0 aromatic carbocycles. The molecular formula is C24H23N9O2S. The lowest BCUT2D eigenvalue weighted by Crippen LogP contribution is -2.21. The lowest BCUT2D eigenvalue weighted by molar-refractivity contribution is -0.116. The zero-order valence-corrected chi connectivity index (χ0v) is 20.1. The number of carbonyl (C=O) groups is 2. The van der Waals surface area contributed by atoms with Crippen molar-refractivity contribution >= 4 is 39.9 Å². The van der Waals surface area contributed by atoms with Crippen molar-refractivity contribution in [1.82, 2.24) is 30.4 Å². The molecule has 2 N–H and O–H groups in total. The van der Waals surface area contributed by atoms with Gasteiger partial charge in [-0.3, -0.25) is 19.6 Å². The van der Waals surface area contributed by atoms with E-state index in [9.17, 15) is 9.59 Å². The number of rotatable bonds is 8. The molecule has 1 saturated heterocycles. The van der Waals surface area contributed by atoms with Gasteiger partial charge in [-0.1, -0.05) is 23.5 Å². The van der Waals surface area contributed by atoms with Crippen molar-refractivity contribution in [2.24, 2.45) is 0 Å². The zero-order chi connectivity index (χ0) is 24.7. The number of nitrogens with zero attached hydrogens (tertiary/aromatic N) is 7. The SMILES string of the molecule is O=C(Cc1ccccn1)Nc1ccc(N2CCC(c3nnc(NC(=O)Cc4ccccn4)s3)C2)nn1. The van der Waals surface area contributed by atoms with E-state index in [4.69, 9.17) is 0 Å². The molecule has 1 aliphatic rings. The lowest BCUT2D eigenvalue weighted by Gasteiger charge is -2.16. The highest BCUT2D eigenvalue weighted by Gasteiger charge is 2.28. The van der Waals surface area contributed by atoms with Crippen LogP contribution in [0.4, 0.5) is 16.8 Å². The Kier molecular flexibility index (Phi) is 7.12. The highest BCUT2D eigenvalue weighted by atomic mass is 32.1. The lowest BCUT2D eigenvalue weighted by atomic mass is 10.1. The van der Waals surface area contributed by atoms with Gasteiger partial charge in [-0.2, -0.15) is 0 Å². The van der Waals surface area contributed by atoms with Gasteiger partial charge in [0.25, 0.3) is 0 Å². The molecule has 1 aliphatic heterocycles. The molecule has 36 heavy (non-hydrogen) atoms. The van der Waals surface area contributed by atoms with Crippen LogP contribution in [0.5, 0.6) is 0 Å². The van der Waals surface area contributed by atoms with Crippen LogP contribution in [0.25, 0.3) is 0 Å². The maximum atomic E-state index is 12.3. The molecule has 0 bridgehead atoms. The van der Waals surface area contributed by atoms with Gasteiger partial charge < -0.3 is 15.5 Å². The van der Waals surface area contributed by atoms with Crippen molar-refractivity contribution in [3.63, 3.8) is 0 Å². The molecule has 1 atom stereocenters. The normalized spacial score (nSPS) is 15.0. The van der Waals surface area contributed by atoms with E-state index < -0.39 is 0 Å². The van der Waals surface area contributed by atoms with Crippen LogP contribution in [0.1, 0.15) is 28.7 Å². The average Bonchev–Trinajstić information content (AvgIpc) is 3.56. The summed E-state index contributed by atoms with van der Waals surface area (Å²) in [6.45, 7) is 1.52. The third-order valence-electron chi connectivity index (χ3n) is 5.60. The molecule has 0 radical (unpaired) electrons. The molecule has 0 spiro atoms. The number of hydrogen-bond acceptors (Lipinski definition) is 10. The largest absolute Gasteiger partial charge is 0.354 e. The Balaban J connectivity index is 1.12. The van der Waals surface area contributed by atoms with Gasteiger partial charge in [0, 0.05) is 42.8 Å². The van der Waals surface area contributed by atoms with Crippen LogP contribution in [-0.2, 0) is 22.4 Å². The fraction of sp³-hybridized carbons (Fsp3) is 0.250. The van der Waals surface area contributed by atoms with E-state index in [1.807, 2.05) is 30.3 Å². The molecule has 4 aromatic rings. The van der Waals surface area contributed by atoms with Gasteiger partial charge in [0.2, 0.25) is 16.9 Å². The Morgan fingerprint density at radius 1 is 0.861 bits per heavy atom. The Morgan fingerprint density at radius 3 is 2.22 bits per heavy atom. The van der Waals surface area contributed by atoms with E-state index >= 15 is 0 Å². The van der Waals surface area contributed by atoms with Crippen LogP contribution in [0, 0.1) is 0 Å². The summed E-state index contributed by atoms with van der Waals surface area (Å²) in [7, 11) is 0. The predicted molar refractivity (Wildman–Crippen MR) is 135 cm³/mol. The van der Waals surface area contributed by atoms with Gasteiger partial charge in [-0.15, -0.1) is 20.4 Å². The zero-order valence-electron chi connectivity index (χ0n) is 19.2. The fourth-order valence-corrected chi connectivity index (χ4v) is 4.75. The van der Waals surface area contributed by atoms with E-state index in [1.165, 1.54) is 11.3 Å². The Labute approximate surface area is 211 Å². The molecular weight excluding hydrogens is 478 g/mol. The van der Waals surface area contributed by atoms with E-state index in [0.717, 1.165) is 30.3 Å². The van der Waals surface area contributed by atoms with Crippen LogP contribution in [0.3, 0.4) is 0 Å². The summed E-state index contributed by atoms with van der Waals surface area (Å²) in [4.78, 5) is 34.9. The first-order valence-corrected chi connectivity index (χ1v) is 12.3. The van der Waals surface area contributed by atoms with Crippen LogP contribution in [0.2, 0.25) is 0 Å². The van der Waals surface area contributed by atoms with Gasteiger partial charge in [-0.05, 0) is 42.8 Å². The van der Waals surface area contributed by atoms with E-state index in [1.54, 1.807) is 30.6 Å². The van der Waals surface area contributed by atoms with E-state index in [2.05, 4.69) is 45.9 Å². The maximum absolute atomic E-state index is 12.3. The topological polar surface area (TPSA) is 139 Å². The highest BCUT2D eigenvalue weighted by Crippen LogP contribution is 2.32. The van der Waals surface area contributed by atoms with Crippen molar-refractivity contribution in [2.75, 3.05) is 28.6 Å². The number of carbonyl (C=O) groups excluding carboxylic acids is 2. The second kappa shape index (κ2) is 11.0. The number of nitrogens with one attached hydrogen (secondary N) is 2. The second-order valence-corrected chi connectivity index (χ2v) is 9.25. The Hall–Kier alpha value is -4.32. The number of aromatic nitrogens is 6. The van der Waals surface area contributed by atoms with Gasteiger partial charge >= 0.3 is 0 Å². The molecule has 0 aliphatic carbocycles. The van der Waals surface area contributed by atoms with Gasteiger partial charge in [-0.25, -0.2) is 0 Å². The first-order valence-electron chi connectivity index (χ1n) is 11.4. The summed E-state index contributed by atoms with van der Waals surface area (Å²) >= 11 is 1.39. The predicted octanol–water partition coefficient (Wildman–Crippen LogP) is 2.47. The molecule has 182 valence electrons. The van der Waals surface area contributed by atoms with Gasteiger partial charge in [0.05, 0.1) is 12.8 Å². The summed E-state index contributed by atoms with van der Waals surface area (Å²) in [5.41, 5.74) is 1.39. The number of pyridine rings is 2. The van der Waals surface area contributed by atoms with Crippen LogP contribution < -0.4 is 15.5 Å². The summed E-state index contributed by atoms with van der Waals surface area (Å²) in [6, 6.07) is 14.5. The molecule has 1 unspecified atom stereocenters. The van der Waals surface area contributed by atoms with Crippen LogP contribution in [-0.4, -0.2) is 55.3 Å². The second-order valence-electron chi connectivity index (χ2n) is 8.25. The first kappa shape index (κ1) is 23.4. The summed E-state index contributed by atoms with van der Waals surface area (Å²) in [5, 5.41) is 23.8. The maximum Gasteiger partial charge on any atom is 0.232 e. The minimum absolute atomic E-state index is 0.172. The first-order chi connectivity index (χ1) is 17.6. The Bertz CT molecular complexity index is 1320. The van der Waals surface area contributed by atoms with Crippen molar-refractivity contribution in [2.45, 2.75) is 25.2 Å². The van der Waals surface area contributed by atoms with E-state index in [0.29, 0.717) is 22.3 Å². The van der Waals surface area contributed by atoms with Crippen LogP contribution >= 0.6 is 11.3 Å². The number of anilines is 3. The molecule has 12 heteroatoms. The van der Waals surface area contributed by atoms with E-state index in [-0.39, 0.29) is 30.6 Å². The monoisotopic (exact) mass is 501 g/mol. The molecule has 5 heterocycles. The third-order valence-corrected chi connectivity index (χ3v) is 6.60. The molecule has 0 saturated carbocycles. The van der Waals surface area contributed by atoms with Gasteiger partial charge in [0.15, 0.2) is 11.6 Å².